The Morgan fingerprint density at radius 3 is 2.60 bits per heavy atom. The number of amides is 2. The van der Waals surface area contributed by atoms with Crippen LogP contribution in [0.3, 0.4) is 0 Å². The van der Waals surface area contributed by atoms with Crippen molar-refractivity contribution in [3.63, 3.8) is 0 Å². The van der Waals surface area contributed by atoms with Crippen LogP contribution in [0.2, 0.25) is 0 Å². The van der Waals surface area contributed by atoms with Gasteiger partial charge in [-0.3, -0.25) is 9.59 Å². The molecule has 0 bridgehead atoms. The van der Waals surface area contributed by atoms with E-state index in [1.165, 1.54) is 24.5 Å². The summed E-state index contributed by atoms with van der Waals surface area (Å²) in [6.45, 7) is 0. The van der Waals surface area contributed by atoms with Gasteiger partial charge >= 0.3 is 0 Å². The number of phenols is 1. The van der Waals surface area contributed by atoms with Crippen molar-refractivity contribution < 1.29 is 23.5 Å². The van der Waals surface area contributed by atoms with E-state index < -0.39 is 11.7 Å². The van der Waals surface area contributed by atoms with Crippen LogP contribution in [0.15, 0.2) is 71.3 Å². The third-order valence-electron chi connectivity index (χ3n) is 6.94. The SMILES string of the molecule is N#Cc1c(-c2cccc(NC(=O)[C@H]3CCCC[C@@H]3N)c2)cc(-c2ccc(F)cc2O)nc1NC(=O)c1ccco1. The number of rotatable bonds is 6. The van der Waals surface area contributed by atoms with Gasteiger partial charge in [-0.1, -0.05) is 25.0 Å². The number of halogens is 1. The molecule has 40 heavy (non-hydrogen) atoms. The number of nitrogens with one attached hydrogen (secondary N) is 2. The van der Waals surface area contributed by atoms with Crippen LogP contribution in [-0.4, -0.2) is 27.9 Å². The smallest absolute Gasteiger partial charge is 0.292 e. The molecule has 10 heteroatoms. The molecule has 1 saturated carbocycles. The monoisotopic (exact) mass is 539 g/mol. The number of phenolic OH excluding ortho intramolecular Hbond substituents is 1. The predicted octanol–water partition coefficient (Wildman–Crippen LogP) is 5.43. The summed E-state index contributed by atoms with van der Waals surface area (Å²) >= 11 is 0. The molecule has 1 aliphatic rings. The number of aromatic nitrogens is 1. The molecule has 202 valence electrons. The first-order valence-corrected chi connectivity index (χ1v) is 12.8. The standard InChI is InChI=1S/C30H26FN5O4/c31-18-10-11-21(26(37)14-18)25-15-22(23(16-32)28(35-25)36-30(39)27-9-4-12-40-27)17-5-3-6-19(13-17)34-29(38)20-7-1-2-8-24(20)33/h3-6,9-15,20,24,37H,1-2,7-8,33H2,(H,34,38)(H,35,36,39)/t20-,24-/m0/s1. The highest BCUT2D eigenvalue weighted by Gasteiger charge is 2.28. The Labute approximate surface area is 229 Å². The molecule has 1 fully saturated rings. The minimum Gasteiger partial charge on any atom is -0.507 e. The second kappa shape index (κ2) is 11.4. The lowest BCUT2D eigenvalue weighted by molar-refractivity contribution is -0.121. The minimum atomic E-state index is -0.636. The van der Waals surface area contributed by atoms with Gasteiger partial charge in [-0.15, -0.1) is 0 Å². The van der Waals surface area contributed by atoms with Crippen LogP contribution >= 0.6 is 0 Å². The van der Waals surface area contributed by atoms with Crippen LogP contribution in [-0.2, 0) is 4.79 Å². The van der Waals surface area contributed by atoms with Gasteiger partial charge < -0.3 is 25.9 Å². The summed E-state index contributed by atoms with van der Waals surface area (Å²) in [5.74, 6) is -2.16. The number of hydrogen-bond acceptors (Lipinski definition) is 7. The van der Waals surface area contributed by atoms with Crippen molar-refractivity contribution in [2.75, 3.05) is 10.6 Å². The minimum absolute atomic E-state index is 0.00732. The number of nitriles is 1. The zero-order chi connectivity index (χ0) is 28.2. The second-order valence-corrected chi connectivity index (χ2v) is 9.61. The number of pyridine rings is 1. The van der Waals surface area contributed by atoms with Crippen LogP contribution < -0.4 is 16.4 Å². The topological polar surface area (TPSA) is 154 Å². The zero-order valence-electron chi connectivity index (χ0n) is 21.4. The number of aromatic hydroxyl groups is 1. The molecule has 5 rings (SSSR count). The Kier molecular flexibility index (Phi) is 7.57. The summed E-state index contributed by atoms with van der Waals surface area (Å²) in [7, 11) is 0. The van der Waals surface area contributed by atoms with E-state index in [0.29, 0.717) is 16.8 Å². The Hall–Kier alpha value is -5.01. The van der Waals surface area contributed by atoms with E-state index in [-0.39, 0.29) is 52.0 Å². The van der Waals surface area contributed by atoms with Crippen molar-refractivity contribution in [2.45, 2.75) is 31.7 Å². The van der Waals surface area contributed by atoms with Gasteiger partial charge in [-0.05, 0) is 60.9 Å². The normalized spacial score (nSPS) is 16.6. The molecule has 2 amide bonds. The van der Waals surface area contributed by atoms with Gasteiger partial charge in [-0.25, -0.2) is 9.37 Å². The third-order valence-corrected chi connectivity index (χ3v) is 6.94. The molecular formula is C30H26FN5O4. The summed E-state index contributed by atoms with van der Waals surface area (Å²) in [5, 5.41) is 26.1. The number of benzene rings is 2. The summed E-state index contributed by atoms with van der Waals surface area (Å²) in [5.41, 5.74) is 8.03. The molecule has 2 atom stereocenters. The van der Waals surface area contributed by atoms with Gasteiger partial charge in [0.05, 0.1) is 17.9 Å². The molecule has 4 aromatic rings. The lowest BCUT2D eigenvalue weighted by Gasteiger charge is -2.27. The molecule has 5 N–H and O–H groups in total. The zero-order valence-corrected chi connectivity index (χ0v) is 21.4. The molecule has 0 spiro atoms. The van der Waals surface area contributed by atoms with Crippen molar-refractivity contribution in [3.05, 3.63) is 84.1 Å². The number of hydrogen-bond donors (Lipinski definition) is 4. The van der Waals surface area contributed by atoms with Crippen LogP contribution in [0.5, 0.6) is 5.75 Å². The fourth-order valence-corrected chi connectivity index (χ4v) is 4.90. The van der Waals surface area contributed by atoms with E-state index in [4.69, 9.17) is 10.2 Å². The van der Waals surface area contributed by atoms with E-state index in [1.54, 1.807) is 36.4 Å². The molecule has 9 nitrogen and oxygen atoms in total. The lowest BCUT2D eigenvalue weighted by atomic mass is 9.84. The largest absolute Gasteiger partial charge is 0.507 e. The number of furan rings is 1. The van der Waals surface area contributed by atoms with Gasteiger partial charge in [-0.2, -0.15) is 5.26 Å². The summed E-state index contributed by atoms with van der Waals surface area (Å²) in [4.78, 5) is 30.2. The first kappa shape index (κ1) is 26.6. The maximum absolute atomic E-state index is 13.7. The van der Waals surface area contributed by atoms with Crippen LogP contribution in [0, 0.1) is 23.1 Å². The molecule has 0 saturated heterocycles. The lowest BCUT2D eigenvalue weighted by Crippen LogP contribution is -2.40. The Morgan fingerprint density at radius 2 is 1.88 bits per heavy atom. The van der Waals surface area contributed by atoms with Crippen LogP contribution in [0.4, 0.5) is 15.9 Å². The maximum Gasteiger partial charge on any atom is 0.292 e. The maximum atomic E-state index is 13.7. The van der Waals surface area contributed by atoms with Gasteiger partial charge in [0, 0.05) is 28.9 Å². The Morgan fingerprint density at radius 1 is 1.05 bits per heavy atom. The number of nitrogens with two attached hydrogens (primary N) is 1. The fourth-order valence-electron chi connectivity index (χ4n) is 4.90. The average Bonchev–Trinajstić information content (AvgIpc) is 3.48. The van der Waals surface area contributed by atoms with Crippen molar-refractivity contribution in [1.29, 1.82) is 5.26 Å². The highest BCUT2D eigenvalue weighted by Crippen LogP contribution is 2.37. The number of carbonyl (C=O) groups excluding carboxylic acids is 2. The Bertz CT molecular complexity index is 1610. The van der Waals surface area contributed by atoms with Crippen molar-refractivity contribution >= 4 is 23.3 Å². The van der Waals surface area contributed by atoms with Crippen LogP contribution in [0.1, 0.15) is 41.8 Å². The summed E-state index contributed by atoms with van der Waals surface area (Å²) < 4.78 is 18.9. The van der Waals surface area contributed by atoms with E-state index in [9.17, 15) is 24.3 Å². The van der Waals surface area contributed by atoms with E-state index in [0.717, 1.165) is 31.7 Å². The predicted molar refractivity (Wildman–Crippen MR) is 147 cm³/mol. The van der Waals surface area contributed by atoms with Crippen molar-refractivity contribution in [3.8, 4) is 34.2 Å². The molecule has 1 aliphatic carbocycles. The highest BCUT2D eigenvalue weighted by molar-refractivity contribution is 6.03. The Balaban J connectivity index is 1.57. The third kappa shape index (κ3) is 5.55. The fraction of sp³-hybridized carbons (Fsp3) is 0.200. The van der Waals surface area contributed by atoms with Crippen molar-refractivity contribution in [2.24, 2.45) is 11.7 Å². The summed E-state index contributed by atoms with van der Waals surface area (Å²) in [6, 6.07) is 16.8. The van der Waals surface area contributed by atoms with E-state index >= 15 is 0 Å². The average molecular weight is 540 g/mol. The molecule has 0 aliphatic heterocycles. The van der Waals surface area contributed by atoms with Gasteiger partial charge in [0.15, 0.2) is 11.6 Å². The molecule has 2 aromatic heterocycles. The van der Waals surface area contributed by atoms with E-state index in [2.05, 4.69) is 21.7 Å². The quantitative estimate of drug-likeness (QED) is 0.255. The number of anilines is 2. The molecule has 2 heterocycles. The first-order valence-electron chi connectivity index (χ1n) is 12.8. The number of nitrogens with zero attached hydrogens (tertiary/aromatic N) is 2. The van der Waals surface area contributed by atoms with Crippen LogP contribution in [0.25, 0.3) is 22.4 Å². The first-order chi connectivity index (χ1) is 19.3. The van der Waals surface area contributed by atoms with Gasteiger partial charge in [0.25, 0.3) is 5.91 Å². The number of carbonyl (C=O) groups is 2. The van der Waals surface area contributed by atoms with Crippen molar-refractivity contribution in [1.82, 2.24) is 4.98 Å². The highest BCUT2D eigenvalue weighted by atomic mass is 19.1. The second-order valence-electron chi connectivity index (χ2n) is 9.61. The molecule has 0 radical (unpaired) electrons. The molecule has 0 unspecified atom stereocenters. The van der Waals surface area contributed by atoms with E-state index in [1.807, 2.05) is 0 Å². The van der Waals surface area contributed by atoms with Gasteiger partial charge in [0.2, 0.25) is 5.91 Å². The summed E-state index contributed by atoms with van der Waals surface area (Å²) in [6.07, 6.45) is 4.81. The molecule has 2 aromatic carbocycles. The molecular weight excluding hydrogens is 513 g/mol. The van der Waals surface area contributed by atoms with Gasteiger partial charge in [0.1, 0.15) is 23.2 Å².